The van der Waals surface area contributed by atoms with Gasteiger partial charge >= 0.3 is 0 Å². The predicted octanol–water partition coefficient (Wildman–Crippen LogP) is 4.73. The number of hydrogen-bond donors (Lipinski definition) is 0. The standard InChI is InChI=1S/C15H30O2/c1-5-6-7-8-9-16-17-14-10-13(2)11-15(3,4)12-14/h13-14H,5-12H2,1-4H3. The second-order valence-electron chi connectivity index (χ2n) is 6.51. The molecule has 1 aliphatic rings. The number of hydrogen-bond acceptors (Lipinski definition) is 2. The van der Waals surface area contributed by atoms with Gasteiger partial charge in [0.25, 0.3) is 0 Å². The zero-order chi connectivity index (χ0) is 12.7. The summed E-state index contributed by atoms with van der Waals surface area (Å²) in [5.41, 5.74) is 0.411. The van der Waals surface area contributed by atoms with E-state index in [1.165, 1.54) is 25.7 Å². The van der Waals surface area contributed by atoms with Crippen LogP contribution in [0.25, 0.3) is 0 Å². The Bertz CT molecular complexity index is 201. The lowest BCUT2D eigenvalue weighted by atomic mass is 9.71. The molecule has 2 nitrogen and oxygen atoms in total. The topological polar surface area (TPSA) is 18.5 Å². The summed E-state index contributed by atoms with van der Waals surface area (Å²) >= 11 is 0. The van der Waals surface area contributed by atoms with Gasteiger partial charge in [0.05, 0.1) is 12.7 Å². The average Bonchev–Trinajstić information content (AvgIpc) is 2.20. The summed E-state index contributed by atoms with van der Waals surface area (Å²) in [7, 11) is 0. The van der Waals surface area contributed by atoms with Crippen molar-refractivity contribution in [2.45, 2.75) is 78.7 Å². The van der Waals surface area contributed by atoms with Crippen molar-refractivity contribution in [3.8, 4) is 0 Å². The van der Waals surface area contributed by atoms with Crippen LogP contribution in [0.4, 0.5) is 0 Å². The van der Waals surface area contributed by atoms with Crippen molar-refractivity contribution in [3.63, 3.8) is 0 Å². The maximum absolute atomic E-state index is 5.57. The van der Waals surface area contributed by atoms with E-state index in [1.54, 1.807) is 0 Å². The average molecular weight is 242 g/mol. The Labute approximate surface area is 107 Å². The quantitative estimate of drug-likeness (QED) is 0.365. The van der Waals surface area contributed by atoms with Gasteiger partial charge in [0, 0.05) is 0 Å². The van der Waals surface area contributed by atoms with Crippen molar-refractivity contribution < 1.29 is 9.78 Å². The Kier molecular flexibility index (Phi) is 6.50. The molecule has 2 heteroatoms. The highest BCUT2D eigenvalue weighted by Crippen LogP contribution is 2.39. The first-order valence-corrected chi connectivity index (χ1v) is 7.32. The fraction of sp³-hybridized carbons (Fsp3) is 1.00. The van der Waals surface area contributed by atoms with Crippen LogP contribution < -0.4 is 0 Å². The van der Waals surface area contributed by atoms with Crippen LogP contribution in [0.5, 0.6) is 0 Å². The summed E-state index contributed by atoms with van der Waals surface area (Å²) in [6.07, 6.45) is 8.85. The highest BCUT2D eigenvalue weighted by atomic mass is 17.2. The summed E-state index contributed by atoms with van der Waals surface area (Å²) in [5, 5.41) is 0. The molecule has 17 heavy (non-hydrogen) atoms. The fourth-order valence-corrected chi connectivity index (χ4v) is 3.06. The van der Waals surface area contributed by atoms with Gasteiger partial charge in [-0.1, -0.05) is 47.0 Å². The molecule has 0 radical (unpaired) electrons. The number of unbranched alkanes of at least 4 members (excludes halogenated alkanes) is 3. The predicted molar refractivity (Wildman–Crippen MR) is 71.8 cm³/mol. The zero-order valence-electron chi connectivity index (χ0n) is 12.1. The SMILES string of the molecule is CCCCCCOOC1CC(C)CC(C)(C)C1. The molecule has 2 atom stereocenters. The van der Waals surface area contributed by atoms with E-state index in [4.69, 9.17) is 9.78 Å². The molecule has 0 saturated heterocycles. The summed E-state index contributed by atoms with van der Waals surface area (Å²) < 4.78 is 0. The summed E-state index contributed by atoms with van der Waals surface area (Å²) in [6, 6.07) is 0. The van der Waals surface area contributed by atoms with Gasteiger partial charge in [0.15, 0.2) is 0 Å². The molecule has 0 heterocycles. The van der Waals surface area contributed by atoms with E-state index in [0.717, 1.165) is 31.8 Å². The molecule has 1 saturated carbocycles. The van der Waals surface area contributed by atoms with Gasteiger partial charge in [-0.25, -0.2) is 9.78 Å². The molecule has 1 fully saturated rings. The number of rotatable bonds is 7. The molecule has 0 N–H and O–H groups in total. The monoisotopic (exact) mass is 242 g/mol. The molecule has 0 amide bonds. The van der Waals surface area contributed by atoms with Crippen LogP contribution in [-0.2, 0) is 9.78 Å². The first-order valence-electron chi connectivity index (χ1n) is 7.32. The van der Waals surface area contributed by atoms with E-state index in [1.807, 2.05) is 0 Å². The molecule has 102 valence electrons. The Morgan fingerprint density at radius 2 is 1.88 bits per heavy atom. The third kappa shape index (κ3) is 6.42. The van der Waals surface area contributed by atoms with E-state index < -0.39 is 0 Å². The third-order valence-electron chi connectivity index (χ3n) is 3.63. The van der Waals surface area contributed by atoms with Crippen LogP contribution in [0.1, 0.15) is 72.6 Å². The van der Waals surface area contributed by atoms with Gasteiger partial charge < -0.3 is 0 Å². The lowest BCUT2D eigenvalue weighted by Gasteiger charge is -2.37. The lowest BCUT2D eigenvalue weighted by molar-refractivity contribution is -0.335. The van der Waals surface area contributed by atoms with Crippen LogP contribution >= 0.6 is 0 Å². The minimum atomic E-state index is 0.305. The van der Waals surface area contributed by atoms with Crippen LogP contribution in [0.15, 0.2) is 0 Å². The van der Waals surface area contributed by atoms with Gasteiger partial charge in [-0.05, 0) is 37.0 Å². The van der Waals surface area contributed by atoms with Gasteiger partial charge in [0.2, 0.25) is 0 Å². The van der Waals surface area contributed by atoms with Crippen LogP contribution in [0.3, 0.4) is 0 Å². The van der Waals surface area contributed by atoms with E-state index in [2.05, 4.69) is 27.7 Å². The van der Waals surface area contributed by atoms with Gasteiger partial charge in [-0.15, -0.1) is 0 Å². The van der Waals surface area contributed by atoms with E-state index in [0.29, 0.717) is 11.5 Å². The minimum absolute atomic E-state index is 0.305. The largest absolute Gasteiger partial charge is 0.236 e. The highest BCUT2D eigenvalue weighted by Gasteiger charge is 2.33. The van der Waals surface area contributed by atoms with Crippen LogP contribution in [-0.4, -0.2) is 12.7 Å². The second-order valence-corrected chi connectivity index (χ2v) is 6.51. The second kappa shape index (κ2) is 7.38. The summed E-state index contributed by atoms with van der Waals surface area (Å²) in [5.74, 6) is 0.757. The van der Waals surface area contributed by atoms with Gasteiger partial charge in [0.1, 0.15) is 0 Å². The molecular weight excluding hydrogens is 212 g/mol. The molecule has 0 spiro atoms. The lowest BCUT2D eigenvalue weighted by Crippen LogP contribution is -2.32. The fourth-order valence-electron chi connectivity index (χ4n) is 3.06. The van der Waals surface area contributed by atoms with Crippen molar-refractivity contribution in [1.82, 2.24) is 0 Å². The van der Waals surface area contributed by atoms with Crippen molar-refractivity contribution in [2.24, 2.45) is 11.3 Å². The van der Waals surface area contributed by atoms with Gasteiger partial charge in [-0.2, -0.15) is 0 Å². The van der Waals surface area contributed by atoms with Crippen molar-refractivity contribution in [1.29, 1.82) is 0 Å². The molecule has 0 aliphatic heterocycles. The van der Waals surface area contributed by atoms with E-state index in [9.17, 15) is 0 Å². The van der Waals surface area contributed by atoms with Crippen molar-refractivity contribution in [3.05, 3.63) is 0 Å². The summed E-state index contributed by atoms with van der Waals surface area (Å²) in [4.78, 5) is 10.9. The highest BCUT2D eigenvalue weighted by molar-refractivity contribution is 4.82. The van der Waals surface area contributed by atoms with Crippen molar-refractivity contribution >= 4 is 0 Å². The molecule has 0 bridgehead atoms. The third-order valence-corrected chi connectivity index (χ3v) is 3.63. The normalized spacial score (nSPS) is 28.2. The smallest absolute Gasteiger partial charge is 0.0937 e. The molecular formula is C15H30O2. The minimum Gasteiger partial charge on any atom is -0.236 e. The van der Waals surface area contributed by atoms with Crippen LogP contribution in [0.2, 0.25) is 0 Å². The van der Waals surface area contributed by atoms with E-state index in [-0.39, 0.29) is 0 Å². The van der Waals surface area contributed by atoms with Crippen LogP contribution in [0, 0.1) is 11.3 Å². The molecule has 1 rings (SSSR count). The first kappa shape index (κ1) is 15.0. The maximum atomic E-state index is 5.57. The molecule has 0 aromatic rings. The van der Waals surface area contributed by atoms with Gasteiger partial charge in [-0.3, -0.25) is 0 Å². The van der Waals surface area contributed by atoms with Crippen molar-refractivity contribution in [2.75, 3.05) is 6.61 Å². The first-order chi connectivity index (χ1) is 8.03. The Hall–Kier alpha value is -0.0800. The summed E-state index contributed by atoms with van der Waals surface area (Å²) in [6.45, 7) is 9.97. The molecule has 0 aromatic carbocycles. The molecule has 0 aromatic heterocycles. The Morgan fingerprint density at radius 1 is 1.12 bits per heavy atom. The Balaban J connectivity index is 2.10. The maximum Gasteiger partial charge on any atom is 0.0937 e. The Morgan fingerprint density at radius 3 is 2.53 bits per heavy atom. The zero-order valence-corrected chi connectivity index (χ0v) is 12.1. The molecule has 1 aliphatic carbocycles. The van der Waals surface area contributed by atoms with E-state index >= 15 is 0 Å². The molecule has 2 unspecified atom stereocenters.